The largest absolute Gasteiger partial charge is 0.356 e. The van der Waals surface area contributed by atoms with Gasteiger partial charge in [0.1, 0.15) is 12.1 Å². The first-order valence-corrected chi connectivity index (χ1v) is 8.23. The fraction of sp³-hybridized carbons (Fsp3) is 0.353. The number of piperidine rings is 1. The second-order valence-corrected chi connectivity index (χ2v) is 6.44. The number of hydrogen-bond acceptors (Lipinski definition) is 4. The van der Waals surface area contributed by atoms with Gasteiger partial charge >= 0.3 is 0 Å². The Morgan fingerprint density at radius 3 is 2.70 bits per heavy atom. The number of nitrogens with zero attached hydrogens (tertiary/aromatic N) is 5. The summed E-state index contributed by atoms with van der Waals surface area (Å²) in [7, 11) is 2.02. The highest BCUT2D eigenvalue weighted by Gasteiger charge is 2.24. The van der Waals surface area contributed by atoms with Gasteiger partial charge in [-0.15, -0.1) is 0 Å². The molecule has 0 unspecified atom stereocenters. The lowest BCUT2D eigenvalue weighted by Gasteiger charge is -2.33. The van der Waals surface area contributed by atoms with E-state index in [0.717, 1.165) is 42.7 Å². The average Bonchev–Trinajstić information content (AvgIpc) is 3.00. The minimum Gasteiger partial charge on any atom is -0.356 e. The maximum Gasteiger partial charge on any atom is 0.139 e. The Labute approximate surface area is 139 Å². The summed E-state index contributed by atoms with van der Waals surface area (Å²) >= 11 is 6.07. The van der Waals surface area contributed by atoms with Gasteiger partial charge in [0.2, 0.25) is 0 Å². The summed E-state index contributed by atoms with van der Waals surface area (Å²) in [6.07, 6.45) is 5.72. The standard InChI is InChI=1S/C17H18ClN5/c1-22-16(4-7-21-22)12-5-8-23(9-6-12)17-14-3-2-13(18)10-15(14)19-11-20-17/h2-4,7,10-12H,5-6,8-9H2,1H3. The van der Waals surface area contributed by atoms with Crippen LogP contribution in [0, 0.1) is 0 Å². The van der Waals surface area contributed by atoms with Crippen molar-refractivity contribution in [2.75, 3.05) is 18.0 Å². The summed E-state index contributed by atoms with van der Waals surface area (Å²) in [5.74, 6) is 1.58. The van der Waals surface area contributed by atoms with Crippen molar-refractivity contribution in [1.29, 1.82) is 0 Å². The molecule has 1 saturated heterocycles. The lowest BCUT2D eigenvalue weighted by molar-refractivity contribution is 0.476. The first kappa shape index (κ1) is 14.5. The van der Waals surface area contributed by atoms with E-state index in [0.29, 0.717) is 10.9 Å². The molecule has 1 aliphatic heterocycles. The van der Waals surface area contributed by atoms with E-state index in [9.17, 15) is 0 Å². The molecule has 0 radical (unpaired) electrons. The van der Waals surface area contributed by atoms with Crippen LogP contribution in [0.5, 0.6) is 0 Å². The van der Waals surface area contributed by atoms with Gasteiger partial charge in [0.05, 0.1) is 5.52 Å². The molecule has 0 spiro atoms. The second-order valence-electron chi connectivity index (χ2n) is 6.00. The molecule has 3 aromatic rings. The van der Waals surface area contributed by atoms with Gasteiger partial charge in [0.25, 0.3) is 0 Å². The highest BCUT2D eigenvalue weighted by molar-refractivity contribution is 6.31. The summed E-state index contributed by atoms with van der Waals surface area (Å²) in [5.41, 5.74) is 2.22. The molecule has 1 fully saturated rings. The minimum absolute atomic E-state index is 0.571. The van der Waals surface area contributed by atoms with Gasteiger partial charge in [0.15, 0.2) is 0 Å². The third kappa shape index (κ3) is 2.65. The number of anilines is 1. The molecule has 6 heteroatoms. The van der Waals surface area contributed by atoms with Crippen LogP contribution < -0.4 is 4.90 Å². The van der Waals surface area contributed by atoms with Gasteiger partial charge in [-0.25, -0.2) is 9.97 Å². The van der Waals surface area contributed by atoms with Crippen LogP contribution in [0.4, 0.5) is 5.82 Å². The maximum absolute atomic E-state index is 6.07. The van der Waals surface area contributed by atoms with E-state index >= 15 is 0 Å². The molecule has 0 saturated carbocycles. The van der Waals surface area contributed by atoms with Crippen LogP contribution in [0.25, 0.3) is 10.9 Å². The third-order valence-electron chi connectivity index (χ3n) is 4.65. The molecule has 0 amide bonds. The highest BCUT2D eigenvalue weighted by atomic mass is 35.5. The van der Waals surface area contributed by atoms with E-state index in [4.69, 9.17) is 11.6 Å². The predicted octanol–water partition coefficient (Wildman–Crippen LogP) is 3.40. The molecule has 118 valence electrons. The van der Waals surface area contributed by atoms with Crippen molar-refractivity contribution in [3.63, 3.8) is 0 Å². The normalized spacial score (nSPS) is 16.2. The van der Waals surface area contributed by atoms with Gasteiger partial charge in [-0.05, 0) is 37.1 Å². The number of aromatic nitrogens is 4. The van der Waals surface area contributed by atoms with E-state index < -0.39 is 0 Å². The number of rotatable bonds is 2. The van der Waals surface area contributed by atoms with Crippen molar-refractivity contribution < 1.29 is 0 Å². The second kappa shape index (κ2) is 5.81. The first-order chi connectivity index (χ1) is 11.2. The van der Waals surface area contributed by atoms with Crippen molar-refractivity contribution in [2.24, 2.45) is 7.05 Å². The number of benzene rings is 1. The zero-order chi connectivity index (χ0) is 15.8. The summed E-state index contributed by atoms with van der Waals surface area (Å²) in [5, 5.41) is 6.06. The fourth-order valence-corrected chi connectivity index (χ4v) is 3.61. The molecule has 1 aromatic carbocycles. The molecule has 1 aliphatic rings. The van der Waals surface area contributed by atoms with E-state index in [-0.39, 0.29) is 0 Å². The average molecular weight is 328 g/mol. The lowest BCUT2D eigenvalue weighted by Crippen LogP contribution is -2.34. The number of halogens is 1. The molecule has 23 heavy (non-hydrogen) atoms. The van der Waals surface area contributed by atoms with Gasteiger partial charge < -0.3 is 4.90 Å². The Bertz CT molecular complexity index is 836. The van der Waals surface area contributed by atoms with E-state index in [2.05, 4.69) is 26.0 Å². The van der Waals surface area contributed by atoms with Crippen molar-refractivity contribution in [3.05, 3.63) is 47.5 Å². The Kier molecular flexibility index (Phi) is 3.65. The predicted molar refractivity (Wildman–Crippen MR) is 91.9 cm³/mol. The molecule has 2 aromatic heterocycles. The summed E-state index contributed by atoms with van der Waals surface area (Å²) in [4.78, 5) is 11.2. The number of fused-ring (bicyclic) bond motifs is 1. The topological polar surface area (TPSA) is 46.8 Å². The Morgan fingerprint density at radius 2 is 1.96 bits per heavy atom. The van der Waals surface area contributed by atoms with Crippen LogP contribution in [0.15, 0.2) is 36.8 Å². The third-order valence-corrected chi connectivity index (χ3v) is 4.88. The lowest BCUT2D eigenvalue weighted by atomic mass is 9.93. The SMILES string of the molecule is Cn1nccc1C1CCN(c2ncnc3cc(Cl)ccc23)CC1. The van der Waals surface area contributed by atoms with Crippen molar-refractivity contribution >= 4 is 28.3 Å². The van der Waals surface area contributed by atoms with Crippen LogP contribution in [-0.2, 0) is 7.05 Å². The highest BCUT2D eigenvalue weighted by Crippen LogP contribution is 2.32. The molecule has 0 aliphatic carbocycles. The van der Waals surface area contributed by atoms with Crippen molar-refractivity contribution in [2.45, 2.75) is 18.8 Å². The molecule has 5 nitrogen and oxygen atoms in total. The Morgan fingerprint density at radius 1 is 1.13 bits per heavy atom. The Balaban J connectivity index is 1.58. The van der Waals surface area contributed by atoms with E-state index in [1.165, 1.54) is 5.69 Å². The van der Waals surface area contributed by atoms with Crippen molar-refractivity contribution in [1.82, 2.24) is 19.7 Å². The molecule has 4 rings (SSSR count). The quantitative estimate of drug-likeness (QED) is 0.723. The summed E-state index contributed by atoms with van der Waals surface area (Å²) < 4.78 is 1.99. The molecule has 0 atom stereocenters. The monoisotopic (exact) mass is 327 g/mol. The van der Waals surface area contributed by atoms with E-state index in [1.54, 1.807) is 6.33 Å². The van der Waals surface area contributed by atoms with Gasteiger partial charge in [-0.3, -0.25) is 4.68 Å². The molecule has 0 bridgehead atoms. The fourth-order valence-electron chi connectivity index (χ4n) is 3.44. The Hall–Kier alpha value is -2.14. The molecular weight excluding hydrogens is 310 g/mol. The zero-order valence-electron chi connectivity index (χ0n) is 13.0. The minimum atomic E-state index is 0.571. The van der Waals surface area contributed by atoms with Gasteiger partial charge in [0, 0.05) is 48.4 Å². The maximum atomic E-state index is 6.07. The molecule has 3 heterocycles. The number of aryl methyl sites for hydroxylation is 1. The number of hydrogen-bond donors (Lipinski definition) is 0. The zero-order valence-corrected chi connectivity index (χ0v) is 13.7. The molecular formula is C17H18ClN5. The first-order valence-electron chi connectivity index (χ1n) is 7.85. The smallest absolute Gasteiger partial charge is 0.139 e. The van der Waals surface area contributed by atoms with Gasteiger partial charge in [-0.2, -0.15) is 5.10 Å². The summed E-state index contributed by atoms with van der Waals surface area (Å²) in [6.45, 7) is 1.98. The van der Waals surface area contributed by atoms with Crippen LogP contribution >= 0.6 is 11.6 Å². The summed E-state index contributed by atoms with van der Waals surface area (Å²) in [6, 6.07) is 7.94. The van der Waals surface area contributed by atoms with E-state index in [1.807, 2.05) is 36.1 Å². The van der Waals surface area contributed by atoms with Crippen LogP contribution in [0.2, 0.25) is 5.02 Å². The van der Waals surface area contributed by atoms with Gasteiger partial charge in [-0.1, -0.05) is 11.6 Å². The molecule has 0 N–H and O–H groups in total. The van der Waals surface area contributed by atoms with Crippen LogP contribution in [0.1, 0.15) is 24.5 Å². The van der Waals surface area contributed by atoms with Crippen LogP contribution in [-0.4, -0.2) is 32.8 Å². The van der Waals surface area contributed by atoms with Crippen molar-refractivity contribution in [3.8, 4) is 0 Å². The van der Waals surface area contributed by atoms with Crippen LogP contribution in [0.3, 0.4) is 0 Å².